The summed E-state index contributed by atoms with van der Waals surface area (Å²) in [4.78, 5) is 29.1. The van der Waals surface area contributed by atoms with Gasteiger partial charge < -0.3 is 14.2 Å². The van der Waals surface area contributed by atoms with E-state index in [9.17, 15) is 9.59 Å². The van der Waals surface area contributed by atoms with Crippen LogP contribution in [0.5, 0.6) is 0 Å². The lowest BCUT2D eigenvalue weighted by atomic mass is 10.2. The zero-order valence-corrected chi connectivity index (χ0v) is 19.8. The maximum atomic E-state index is 12.7. The van der Waals surface area contributed by atoms with Crippen LogP contribution in [0.2, 0.25) is 0 Å². The Bertz CT molecular complexity index is 975. The zero-order valence-electron chi connectivity index (χ0n) is 19.0. The maximum absolute atomic E-state index is 12.7. The summed E-state index contributed by atoms with van der Waals surface area (Å²) in [5.41, 5.74) is 5.36. The Morgan fingerprint density at radius 2 is 1.77 bits per heavy atom. The van der Waals surface area contributed by atoms with Gasteiger partial charge in [0.25, 0.3) is 11.1 Å². The number of aromatic nitrogens is 1. The molecule has 2 aromatic rings. The molecule has 6 nitrogen and oxygen atoms in total. The van der Waals surface area contributed by atoms with E-state index in [2.05, 4.69) is 60.6 Å². The largest absolute Gasteiger partial charge is 0.385 e. The standard InChI is InChI=1S/C24H31N3O3S/c1-6-25(7-2)20-9-11-21(12-10-20)27-17(3)15-19(18(27)4)16-22-23(28)26(24(29)31-22)13-8-14-30-5/h9-12,15-16H,6-8,13-14H2,1-5H3/b22-16+. The molecule has 0 radical (unpaired) electrons. The Labute approximate surface area is 188 Å². The number of imide groups is 1. The van der Waals surface area contributed by atoms with Gasteiger partial charge in [-0.2, -0.15) is 0 Å². The molecule has 1 aliphatic heterocycles. The van der Waals surface area contributed by atoms with Crippen LogP contribution in [0.15, 0.2) is 35.2 Å². The second kappa shape index (κ2) is 10.2. The fraction of sp³-hybridized carbons (Fsp3) is 0.417. The summed E-state index contributed by atoms with van der Waals surface area (Å²) in [6, 6.07) is 10.6. The molecule has 0 unspecified atom stereocenters. The molecule has 1 aromatic heterocycles. The van der Waals surface area contributed by atoms with Crippen LogP contribution in [0.4, 0.5) is 10.5 Å². The minimum Gasteiger partial charge on any atom is -0.385 e. The molecule has 3 rings (SSSR count). The van der Waals surface area contributed by atoms with Gasteiger partial charge in [0.05, 0.1) is 4.91 Å². The predicted molar refractivity (Wildman–Crippen MR) is 128 cm³/mol. The van der Waals surface area contributed by atoms with Gasteiger partial charge in [0.1, 0.15) is 0 Å². The highest BCUT2D eigenvalue weighted by Gasteiger charge is 2.34. The summed E-state index contributed by atoms with van der Waals surface area (Å²) >= 11 is 1.01. The monoisotopic (exact) mass is 441 g/mol. The highest BCUT2D eigenvalue weighted by molar-refractivity contribution is 8.18. The molecule has 0 saturated carbocycles. The van der Waals surface area contributed by atoms with Crippen molar-refractivity contribution >= 4 is 34.7 Å². The molecule has 1 aromatic carbocycles. The van der Waals surface area contributed by atoms with Crippen molar-refractivity contribution in [2.45, 2.75) is 34.1 Å². The van der Waals surface area contributed by atoms with Gasteiger partial charge in [-0.1, -0.05) is 0 Å². The van der Waals surface area contributed by atoms with Gasteiger partial charge >= 0.3 is 0 Å². The van der Waals surface area contributed by atoms with Crippen molar-refractivity contribution < 1.29 is 14.3 Å². The molecule has 0 aliphatic carbocycles. The molecule has 166 valence electrons. The summed E-state index contributed by atoms with van der Waals surface area (Å²) in [6.45, 7) is 11.3. The minimum atomic E-state index is -0.223. The Kier molecular flexibility index (Phi) is 7.62. The van der Waals surface area contributed by atoms with Gasteiger partial charge in [-0.05, 0) is 87.8 Å². The normalized spacial score (nSPS) is 15.4. The first-order valence-corrected chi connectivity index (χ1v) is 11.5. The number of anilines is 1. The summed E-state index contributed by atoms with van der Waals surface area (Å²) in [5.74, 6) is -0.223. The van der Waals surface area contributed by atoms with Crippen LogP contribution >= 0.6 is 11.8 Å². The van der Waals surface area contributed by atoms with E-state index in [4.69, 9.17) is 4.74 Å². The van der Waals surface area contributed by atoms with E-state index < -0.39 is 0 Å². The number of methoxy groups -OCH3 is 1. The van der Waals surface area contributed by atoms with E-state index in [1.54, 1.807) is 7.11 Å². The Hall–Kier alpha value is -2.51. The molecular formula is C24H31N3O3S. The SMILES string of the molecule is CCN(CC)c1ccc(-n2c(C)cc(/C=C3/SC(=O)N(CCCOC)C3=O)c2C)cc1. The number of benzene rings is 1. The summed E-state index contributed by atoms with van der Waals surface area (Å²) < 4.78 is 7.21. The molecule has 0 N–H and O–H groups in total. The van der Waals surface area contributed by atoms with Gasteiger partial charge in [-0.3, -0.25) is 14.5 Å². The smallest absolute Gasteiger partial charge is 0.293 e. The third-order valence-electron chi connectivity index (χ3n) is 5.60. The first-order valence-electron chi connectivity index (χ1n) is 10.7. The van der Waals surface area contributed by atoms with E-state index in [-0.39, 0.29) is 11.1 Å². The molecular weight excluding hydrogens is 410 g/mol. The van der Waals surface area contributed by atoms with Crippen LogP contribution in [-0.2, 0) is 9.53 Å². The average Bonchev–Trinajstić information content (AvgIpc) is 3.19. The highest BCUT2D eigenvalue weighted by atomic mass is 32.2. The van der Waals surface area contributed by atoms with Crippen LogP contribution in [0.3, 0.4) is 0 Å². The number of carbonyl (C=O) groups excluding carboxylic acids is 2. The van der Waals surface area contributed by atoms with Gasteiger partial charge in [0.2, 0.25) is 0 Å². The quantitative estimate of drug-likeness (QED) is 0.404. The predicted octanol–water partition coefficient (Wildman–Crippen LogP) is 5.01. The van der Waals surface area contributed by atoms with Crippen molar-refractivity contribution in [2.75, 3.05) is 38.3 Å². The van der Waals surface area contributed by atoms with Crippen molar-refractivity contribution in [1.29, 1.82) is 0 Å². The molecule has 0 spiro atoms. The minimum absolute atomic E-state index is 0.215. The first-order chi connectivity index (χ1) is 14.9. The van der Waals surface area contributed by atoms with Crippen molar-refractivity contribution in [3.8, 4) is 5.69 Å². The lowest BCUT2D eigenvalue weighted by Gasteiger charge is -2.21. The molecule has 1 fully saturated rings. The van der Waals surface area contributed by atoms with Gasteiger partial charge in [0, 0.05) is 56.1 Å². The van der Waals surface area contributed by atoms with E-state index >= 15 is 0 Å². The van der Waals surface area contributed by atoms with Gasteiger partial charge in [-0.25, -0.2) is 0 Å². The summed E-state index contributed by atoms with van der Waals surface area (Å²) in [5, 5.41) is -0.215. The number of ether oxygens (including phenoxy) is 1. The number of thioether (sulfide) groups is 1. The van der Waals surface area contributed by atoms with Crippen molar-refractivity contribution in [3.05, 3.63) is 52.2 Å². The van der Waals surface area contributed by atoms with Gasteiger partial charge in [-0.15, -0.1) is 0 Å². The summed E-state index contributed by atoms with van der Waals surface area (Å²) in [6.07, 6.45) is 2.48. The van der Waals surface area contributed by atoms with Crippen LogP contribution in [0.1, 0.15) is 37.2 Å². The zero-order chi connectivity index (χ0) is 22.5. The lowest BCUT2D eigenvalue weighted by molar-refractivity contribution is -0.122. The Balaban J connectivity index is 1.85. The fourth-order valence-electron chi connectivity index (χ4n) is 3.93. The van der Waals surface area contributed by atoms with Crippen molar-refractivity contribution in [2.24, 2.45) is 0 Å². The van der Waals surface area contributed by atoms with Crippen LogP contribution in [0.25, 0.3) is 11.8 Å². The third-order valence-corrected chi connectivity index (χ3v) is 6.50. The van der Waals surface area contributed by atoms with E-state index in [0.29, 0.717) is 24.5 Å². The second-order valence-electron chi connectivity index (χ2n) is 7.53. The average molecular weight is 442 g/mol. The Morgan fingerprint density at radius 1 is 1.10 bits per heavy atom. The van der Waals surface area contributed by atoms with Crippen LogP contribution < -0.4 is 4.90 Å². The molecule has 7 heteroatoms. The topological polar surface area (TPSA) is 54.8 Å². The Morgan fingerprint density at radius 3 is 2.39 bits per heavy atom. The van der Waals surface area contributed by atoms with Crippen molar-refractivity contribution in [3.63, 3.8) is 0 Å². The molecule has 31 heavy (non-hydrogen) atoms. The number of aryl methyl sites for hydroxylation is 1. The van der Waals surface area contributed by atoms with Gasteiger partial charge in [0.15, 0.2) is 0 Å². The second-order valence-corrected chi connectivity index (χ2v) is 8.52. The van der Waals surface area contributed by atoms with Crippen LogP contribution in [0, 0.1) is 13.8 Å². The van der Waals surface area contributed by atoms with Crippen LogP contribution in [-0.4, -0.2) is 54.0 Å². The number of hydrogen-bond donors (Lipinski definition) is 0. The number of hydrogen-bond acceptors (Lipinski definition) is 5. The molecule has 2 amide bonds. The molecule has 1 aliphatic rings. The highest BCUT2D eigenvalue weighted by Crippen LogP contribution is 2.34. The summed E-state index contributed by atoms with van der Waals surface area (Å²) in [7, 11) is 1.61. The molecule has 1 saturated heterocycles. The number of amides is 2. The van der Waals surface area contributed by atoms with E-state index in [1.807, 2.05) is 13.0 Å². The fourth-order valence-corrected chi connectivity index (χ4v) is 4.79. The van der Waals surface area contributed by atoms with E-state index in [1.165, 1.54) is 10.6 Å². The number of rotatable bonds is 9. The lowest BCUT2D eigenvalue weighted by Crippen LogP contribution is -2.29. The van der Waals surface area contributed by atoms with Crippen molar-refractivity contribution in [1.82, 2.24) is 9.47 Å². The number of carbonyl (C=O) groups is 2. The molecule has 0 bridgehead atoms. The number of nitrogens with zero attached hydrogens (tertiary/aromatic N) is 3. The third kappa shape index (κ3) is 4.88. The molecule has 0 atom stereocenters. The molecule has 2 heterocycles. The van der Waals surface area contributed by atoms with E-state index in [0.717, 1.165) is 47.5 Å². The maximum Gasteiger partial charge on any atom is 0.293 e. The first kappa shape index (κ1) is 23.2.